The fourth-order valence-corrected chi connectivity index (χ4v) is 2.20. The van der Waals surface area contributed by atoms with E-state index in [0.717, 1.165) is 12.5 Å². The summed E-state index contributed by atoms with van der Waals surface area (Å²) in [5.41, 5.74) is 0.0115. The Morgan fingerprint density at radius 3 is 2.29 bits per heavy atom. The first-order chi connectivity index (χ1) is 7.87. The van der Waals surface area contributed by atoms with Crippen molar-refractivity contribution < 1.29 is 4.79 Å². The molecule has 3 heteroatoms. The highest BCUT2D eigenvalue weighted by atomic mass is 16.1. The third-order valence-corrected chi connectivity index (χ3v) is 3.50. The third-order valence-electron chi connectivity index (χ3n) is 3.50. The van der Waals surface area contributed by atoms with Gasteiger partial charge in [-0.15, -0.1) is 0 Å². The Morgan fingerprint density at radius 2 is 1.76 bits per heavy atom. The minimum atomic E-state index is 0.0115. The maximum atomic E-state index is 11.6. The minimum absolute atomic E-state index is 0.0115. The maximum Gasteiger partial charge on any atom is 0.233 e. The first kappa shape index (κ1) is 14.5. The molecule has 0 bridgehead atoms. The zero-order valence-electron chi connectivity index (χ0n) is 11.8. The predicted octanol–water partition coefficient (Wildman–Crippen LogP) is 2.32. The average molecular weight is 240 g/mol. The van der Waals surface area contributed by atoms with E-state index in [1.165, 1.54) is 25.7 Å². The van der Waals surface area contributed by atoms with Gasteiger partial charge in [-0.25, -0.2) is 0 Å². The molecule has 2 N–H and O–H groups in total. The minimum Gasteiger partial charge on any atom is -0.355 e. The fraction of sp³-hybridized carbons (Fsp3) is 0.929. The van der Waals surface area contributed by atoms with E-state index >= 15 is 0 Å². The lowest BCUT2D eigenvalue weighted by atomic mass is 9.83. The molecule has 17 heavy (non-hydrogen) atoms. The normalized spacial score (nSPS) is 25.6. The molecule has 0 heterocycles. The Labute approximate surface area is 106 Å². The van der Waals surface area contributed by atoms with Gasteiger partial charge in [-0.05, 0) is 45.4 Å². The average Bonchev–Trinajstić information content (AvgIpc) is 2.25. The van der Waals surface area contributed by atoms with E-state index in [9.17, 15) is 4.79 Å². The fourth-order valence-electron chi connectivity index (χ4n) is 2.20. The van der Waals surface area contributed by atoms with Gasteiger partial charge in [-0.3, -0.25) is 4.79 Å². The molecule has 0 radical (unpaired) electrons. The molecule has 0 saturated heterocycles. The van der Waals surface area contributed by atoms with E-state index in [0.29, 0.717) is 12.5 Å². The van der Waals surface area contributed by atoms with Crippen LogP contribution in [-0.2, 0) is 4.79 Å². The van der Waals surface area contributed by atoms with Gasteiger partial charge in [0.25, 0.3) is 0 Å². The predicted molar refractivity (Wildman–Crippen MR) is 71.9 cm³/mol. The first-order valence-corrected chi connectivity index (χ1v) is 6.88. The number of carbonyl (C=O) groups excluding carboxylic acids is 1. The molecule has 1 fully saturated rings. The Morgan fingerprint density at radius 1 is 1.18 bits per heavy atom. The molecule has 1 saturated carbocycles. The van der Waals surface area contributed by atoms with Gasteiger partial charge >= 0.3 is 0 Å². The molecule has 1 aliphatic rings. The van der Waals surface area contributed by atoms with Crippen molar-refractivity contribution in [2.45, 2.75) is 58.9 Å². The van der Waals surface area contributed by atoms with Gasteiger partial charge < -0.3 is 10.6 Å². The van der Waals surface area contributed by atoms with Crippen LogP contribution >= 0.6 is 0 Å². The van der Waals surface area contributed by atoms with Crippen LogP contribution in [0.1, 0.15) is 53.4 Å². The summed E-state index contributed by atoms with van der Waals surface area (Å²) in [5, 5.41) is 6.24. The van der Waals surface area contributed by atoms with Gasteiger partial charge in [0.15, 0.2) is 0 Å². The van der Waals surface area contributed by atoms with E-state index in [1.807, 2.05) is 0 Å². The number of hydrogen-bond donors (Lipinski definition) is 2. The molecule has 3 nitrogen and oxygen atoms in total. The van der Waals surface area contributed by atoms with Crippen molar-refractivity contribution >= 4 is 5.91 Å². The van der Waals surface area contributed by atoms with Crippen LogP contribution in [-0.4, -0.2) is 24.5 Å². The number of nitrogens with one attached hydrogen (secondary N) is 2. The molecule has 1 aliphatic carbocycles. The molecule has 1 amide bonds. The Balaban J connectivity index is 2.11. The van der Waals surface area contributed by atoms with Gasteiger partial charge in [0.2, 0.25) is 5.91 Å². The van der Waals surface area contributed by atoms with Gasteiger partial charge in [-0.1, -0.05) is 19.8 Å². The summed E-state index contributed by atoms with van der Waals surface area (Å²) in [6.07, 6.45) is 5.18. The second kappa shape index (κ2) is 6.39. The molecule has 0 aromatic carbocycles. The first-order valence-electron chi connectivity index (χ1n) is 6.88. The molecule has 100 valence electrons. The molecule has 0 spiro atoms. The lowest BCUT2D eigenvalue weighted by molar-refractivity contribution is -0.120. The molecular weight excluding hydrogens is 212 g/mol. The number of carbonyl (C=O) groups is 1. The quantitative estimate of drug-likeness (QED) is 0.792. The second-order valence-corrected chi connectivity index (χ2v) is 6.53. The lowest BCUT2D eigenvalue weighted by Gasteiger charge is -2.26. The summed E-state index contributed by atoms with van der Waals surface area (Å²) in [7, 11) is 0. The molecule has 0 unspecified atom stereocenters. The van der Waals surface area contributed by atoms with Crippen molar-refractivity contribution in [3.8, 4) is 0 Å². The lowest BCUT2D eigenvalue weighted by Crippen LogP contribution is -2.44. The summed E-state index contributed by atoms with van der Waals surface area (Å²) in [6.45, 7) is 9.82. The van der Waals surface area contributed by atoms with Crippen molar-refractivity contribution in [2.75, 3.05) is 13.1 Å². The second-order valence-electron chi connectivity index (χ2n) is 6.53. The highest BCUT2D eigenvalue weighted by molar-refractivity contribution is 5.78. The standard InChI is InChI=1S/C14H28N2O/c1-11-5-7-12(8-6-11)9-15-13(17)10-16-14(2,3)4/h11-12,16H,5-10H2,1-4H3,(H,15,17). The molecule has 1 rings (SSSR count). The zero-order valence-corrected chi connectivity index (χ0v) is 11.8. The molecular formula is C14H28N2O. The summed E-state index contributed by atoms with van der Waals surface area (Å²) in [6, 6.07) is 0. The number of rotatable bonds is 4. The Kier molecular flexibility index (Phi) is 5.44. The summed E-state index contributed by atoms with van der Waals surface area (Å²) in [4.78, 5) is 11.6. The van der Waals surface area contributed by atoms with E-state index in [4.69, 9.17) is 0 Å². The van der Waals surface area contributed by atoms with Crippen LogP contribution in [0.4, 0.5) is 0 Å². The molecule has 0 atom stereocenters. The molecule has 0 aliphatic heterocycles. The number of hydrogen-bond acceptors (Lipinski definition) is 2. The van der Waals surface area contributed by atoms with Crippen molar-refractivity contribution in [1.29, 1.82) is 0 Å². The number of amides is 1. The molecule has 0 aromatic rings. The van der Waals surface area contributed by atoms with Crippen LogP contribution in [0.15, 0.2) is 0 Å². The Bertz CT molecular complexity index is 237. The SMILES string of the molecule is CC1CCC(CNC(=O)CNC(C)(C)C)CC1. The van der Waals surface area contributed by atoms with Crippen LogP contribution in [0.25, 0.3) is 0 Å². The van der Waals surface area contributed by atoms with Gasteiger partial charge in [0.05, 0.1) is 6.54 Å². The van der Waals surface area contributed by atoms with Crippen LogP contribution in [0.5, 0.6) is 0 Å². The third kappa shape index (κ3) is 6.67. The summed E-state index contributed by atoms with van der Waals surface area (Å²) in [5.74, 6) is 1.70. The highest BCUT2D eigenvalue weighted by Gasteiger charge is 2.18. The molecule has 0 aromatic heterocycles. The van der Waals surface area contributed by atoms with Crippen LogP contribution in [0.3, 0.4) is 0 Å². The highest BCUT2D eigenvalue weighted by Crippen LogP contribution is 2.27. The smallest absolute Gasteiger partial charge is 0.233 e. The zero-order chi connectivity index (χ0) is 12.9. The van der Waals surface area contributed by atoms with E-state index < -0.39 is 0 Å². The summed E-state index contributed by atoms with van der Waals surface area (Å²) >= 11 is 0. The van der Waals surface area contributed by atoms with Crippen molar-refractivity contribution in [3.63, 3.8) is 0 Å². The van der Waals surface area contributed by atoms with E-state index in [1.54, 1.807) is 0 Å². The van der Waals surface area contributed by atoms with Crippen molar-refractivity contribution in [2.24, 2.45) is 11.8 Å². The van der Waals surface area contributed by atoms with Crippen molar-refractivity contribution in [3.05, 3.63) is 0 Å². The van der Waals surface area contributed by atoms with Gasteiger partial charge in [0, 0.05) is 12.1 Å². The van der Waals surface area contributed by atoms with Crippen LogP contribution in [0, 0.1) is 11.8 Å². The van der Waals surface area contributed by atoms with E-state index in [2.05, 4.69) is 38.3 Å². The van der Waals surface area contributed by atoms with Crippen molar-refractivity contribution in [1.82, 2.24) is 10.6 Å². The summed E-state index contributed by atoms with van der Waals surface area (Å²) < 4.78 is 0. The monoisotopic (exact) mass is 240 g/mol. The van der Waals surface area contributed by atoms with Crippen LogP contribution in [0.2, 0.25) is 0 Å². The van der Waals surface area contributed by atoms with Gasteiger partial charge in [0.1, 0.15) is 0 Å². The topological polar surface area (TPSA) is 41.1 Å². The Hall–Kier alpha value is -0.570. The maximum absolute atomic E-state index is 11.6. The van der Waals surface area contributed by atoms with Crippen LogP contribution < -0.4 is 10.6 Å². The van der Waals surface area contributed by atoms with Gasteiger partial charge in [-0.2, -0.15) is 0 Å². The largest absolute Gasteiger partial charge is 0.355 e. The van der Waals surface area contributed by atoms with E-state index in [-0.39, 0.29) is 11.4 Å².